The van der Waals surface area contributed by atoms with Crippen LogP contribution < -0.4 is 9.47 Å². The van der Waals surface area contributed by atoms with Gasteiger partial charge in [-0.25, -0.2) is 4.79 Å². The lowest BCUT2D eigenvalue weighted by atomic mass is 10.2. The van der Waals surface area contributed by atoms with Crippen molar-refractivity contribution in [3.63, 3.8) is 0 Å². The van der Waals surface area contributed by atoms with E-state index in [0.29, 0.717) is 30.3 Å². The van der Waals surface area contributed by atoms with Gasteiger partial charge < -0.3 is 14.2 Å². The van der Waals surface area contributed by atoms with Crippen molar-refractivity contribution >= 4 is 17.7 Å². The molecule has 0 bridgehead atoms. The van der Waals surface area contributed by atoms with Crippen LogP contribution in [0.3, 0.4) is 0 Å². The summed E-state index contributed by atoms with van der Waals surface area (Å²) in [6, 6.07) is 11.3. The molecular weight excluding hydrogens is 374 g/mol. The molecule has 0 saturated heterocycles. The first kappa shape index (κ1) is 21.9. The first-order valence-electron chi connectivity index (χ1n) is 9.51. The summed E-state index contributed by atoms with van der Waals surface area (Å²) in [5.74, 6) is 0.799. The molecule has 0 N–H and O–H groups in total. The fourth-order valence-corrected chi connectivity index (χ4v) is 2.42. The summed E-state index contributed by atoms with van der Waals surface area (Å²) in [5.41, 5.74) is 1.44. The molecule has 2 aromatic rings. The molecule has 0 aromatic heterocycles. The Labute approximate surface area is 170 Å². The number of carbonyl (C=O) groups is 1. The Morgan fingerprint density at radius 1 is 1.07 bits per heavy atom. The maximum Gasteiger partial charge on any atom is 0.331 e. The van der Waals surface area contributed by atoms with E-state index in [4.69, 9.17) is 14.2 Å². The number of non-ortho nitro benzene ring substituents is 1. The van der Waals surface area contributed by atoms with Crippen molar-refractivity contribution in [1.29, 1.82) is 0 Å². The Bertz CT molecular complexity index is 845. The van der Waals surface area contributed by atoms with Gasteiger partial charge in [-0.05, 0) is 54.8 Å². The second kappa shape index (κ2) is 11.5. The van der Waals surface area contributed by atoms with Gasteiger partial charge in [0, 0.05) is 18.2 Å². The van der Waals surface area contributed by atoms with E-state index >= 15 is 0 Å². The summed E-state index contributed by atoms with van der Waals surface area (Å²) in [7, 11) is 0. The standard InChI is InChI=1S/C22H25NO6/c1-3-5-14-28-20-12-8-17(15-21(20)27-4-2)9-13-22(24)29-16-18-6-10-19(11-7-18)23(25)26/h6-13,15H,3-5,14,16H2,1-2H3/b13-9+. The Kier molecular flexibility index (Phi) is 8.69. The number of ether oxygens (including phenoxy) is 3. The molecule has 0 aliphatic carbocycles. The van der Waals surface area contributed by atoms with Crippen LogP contribution in [0.4, 0.5) is 5.69 Å². The van der Waals surface area contributed by atoms with E-state index in [2.05, 4.69) is 6.92 Å². The molecule has 0 heterocycles. The lowest BCUT2D eigenvalue weighted by molar-refractivity contribution is -0.384. The smallest absolute Gasteiger partial charge is 0.331 e. The maximum atomic E-state index is 11.9. The van der Waals surface area contributed by atoms with Gasteiger partial charge >= 0.3 is 5.97 Å². The third kappa shape index (κ3) is 7.29. The molecule has 0 radical (unpaired) electrons. The van der Waals surface area contributed by atoms with Crippen LogP contribution in [-0.4, -0.2) is 24.1 Å². The van der Waals surface area contributed by atoms with Gasteiger partial charge in [-0.1, -0.05) is 19.4 Å². The van der Waals surface area contributed by atoms with Crippen LogP contribution in [0.2, 0.25) is 0 Å². The molecular formula is C22H25NO6. The molecule has 154 valence electrons. The summed E-state index contributed by atoms with van der Waals surface area (Å²) in [6.07, 6.45) is 4.98. The van der Waals surface area contributed by atoms with Crippen molar-refractivity contribution in [1.82, 2.24) is 0 Å². The topological polar surface area (TPSA) is 87.9 Å². The van der Waals surface area contributed by atoms with E-state index < -0.39 is 10.9 Å². The molecule has 0 atom stereocenters. The first-order chi connectivity index (χ1) is 14.0. The highest BCUT2D eigenvalue weighted by Gasteiger charge is 2.07. The van der Waals surface area contributed by atoms with Crippen molar-refractivity contribution in [2.75, 3.05) is 13.2 Å². The average Bonchev–Trinajstić information content (AvgIpc) is 2.72. The van der Waals surface area contributed by atoms with E-state index in [0.717, 1.165) is 18.4 Å². The molecule has 0 unspecified atom stereocenters. The van der Waals surface area contributed by atoms with Crippen molar-refractivity contribution in [3.05, 3.63) is 69.8 Å². The molecule has 2 rings (SSSR count). The highest BCUT2D eigenvalue weighted by Crippen LogP contribution is 2.29. The lowest BCUT2D eigenvalue weighted by Crippen LogP contribution is -2.01. The fourth-order valence-electron chi connectivity index (χ4n) is 2.42. The Morgan fingerprint density at radius 2 is 1.83 bits per heavy atom. The Morgan fingerprint density at radius 3 is 2.48 bits per heavy atom. The number of nitrogens with zero attached hydrogens (tertiary/aromatic N) is 1. The van der Waals surface area contributed by atoms with E-state index in [9.17, 15) is 14.9 Å². The van der Waals surface area contributed by atoms with Crippen molar-refractivity contribution < 1.29 is 23.9 Å². The molecule has 2 aromatic carbocycles. The van der Waals surface area contributed by atoms with E-state index in [-0.39, 0.29) is 12.3 Å². The molecule has 7 heteroatoms. The number of carbonyl (C=O) groups excluding carboxylic acids is 1. The number of nitro groups is 1. The fraction of sp³-hybridized carbons (Fsp3) is 0.318. The minimum Gasteiger partial charge on any atom is -0.490 e. The van der Waals surface area contributed by atoms with Gasteiger partial charge in [0.2, 0.25) is 0 Å². The van der Waals surface area contributed by atoms with Gasteiger partial charge in [-0.15, -0.1) is 0 Å². The van der Waals surface area contributed by atoms with E-state index in [1.165, 1.54) is 18.2 Å². The zero-order chi connectivity index (χ0) is 21.1. The molecule has 0 spiro atoms. The third-order valence-corrected chi connectivity index (χ3v) is 3.96. The number of benzene rings is 2. The Hall–Kier alpha value is -3.35. The summed E-state index contributed by atoms with van der Waals surface area (Å²) in [6.45, 7) is 5.17. The number of rotatable bonds is 11. The van der Waals surface area contributed by atoms with Crippen LogP contribution in [0.25, 0.3) is 6.08 Å². The van der Waals surface area contributed by atoms with E-state index in [1.807, 2.05) is 25.1 Å². The highest BCUT2D eigenvalue weighted by molar-refractivity contribution is 5.87. The molecule has 0 fully saturated rings. The van der Waals surface area contributed by atoms with Crippen molar-refractivity contribution in [2.45, 2.75) is 33.3 Å². The predicted octanol–water partition coefficient (Wildman–Crippen LogP) is 4.93. The van der Waals surface area contributed by atoms with Gasteiger partial charge in [0.1, 0.15) is 6.61 Å². The lowest BCUT2D eigenvalue weighted by Gasteiger charge is -2.12. The van der Waals surface area contributed by atoms with Crippen LogP contribution >= 0.6 is 0 Å². The maximum absolute atomic E-state index is 11.9. The second-order valence-electron chi connectivity index (χ2n) is 6.21. The number of nitro benzene ring substituents is 1. The van der Waals surface area contributed by atoms with Gasteiger partial charge in [-0.2, -0.15) is 0 Å². The monoisotopic (exact) mass is 399 g/mol. The van der Waals surface area contributed by atoms with Crippen molar-refractivity contribution in [3.8, 4) is 11.5 Å². The summed E-state index contributed by atoms with van der Waals surface area (Å²) in [4.78, 5) is 22.1. The summed E-state index contributed by atoms with van der Waals surface area (Å²) < 4.78 is 16.5. The minimum atomic E-state index is -0.510. The van der Waals surface area contributed by atoms with Crippen LogP contribution in [0, 0.1) is 10.1 Å². The second-order valence-corrected chi connectivity index (χ2v) is 6.21. The number of unbranched alkanes of at least 4 members (excludes halogenated alkanes) is 1. The highest BCUT2D eigenvalue weighted by atomic mass is 16.6. The van der Waals surface area contributed by atoms with Crippen molar-refractivity contribution in [2.24, 2.45) is 0 Å². The van der Waals surface area contributed by atoms with Crippen LogP contribution in [-0.2, 0) is 16.1 Å². The molecule has 0 saturated carbocycles. The van der Waals surface area contributed by atoms with Crippen LogP contribution in [0.15, 0.2) is 48.5 Å². The third-order valence-electron chi connectivity index (χ3n) is 3.96. The molecule has 0 amide bonds. The number of hydrogen-bond acceptors (Lipinski definition) is 6. The number of hydrogen-bond donors (Lipinski definition) is 0. The van der Waals surface area contributed by atoms with Gasteiger partial charge in [0.25, 0.3) is 5.69 Å². The summed E-state index contributed by atoms with van der Waals surface area (Å²) in [5, 5.41) is 10.6. The SMILES string of the molecule is CCCCOc1ccc(/C=C/C(=O)OCc2ccc([N+](=O)[O-])cc2)cc1OCC. The predicted molar refractivity (Wildman–Crippen MR) is 110 cm³/mol. The zero-order valence-corrected chi connectivity index (χ0v) is 16.6. The molecule has 0 aliphatic rings. The van der Waals surface area contributed by atoms with Gasteiger partial charge in [-0.3, -0.25) is 10.1 Å². The molecule has 29 heavy (non-hydrogen) atoms. The largest absolute Gasteiger partial charge is 0.490 e. The number of esters is 1. The first-order valence-corrected chi connectivity index (χ1v) is 9.51. The normalized spacial score (nSPS) is 10.7. The van der Waals surface area contributed by atoms with Gasteiger partial charge in [0.15, 0.2) is 11.5 Å². The molecule has 0 aliphatic heterocycles. The Balaban J connectivity index is 1.94. The average molecular weight is 399 g/mol. The van der Waals surface area contributed by atoms with E-state index in [1.54, 1.807) is 18.2 Å². The zero-order valence-electron chi connectivity index (χ0n) is 16.6. The molecule has 7 nitrogen and oxygen atoms in total. The van der Waals surface area contributed by atoms with Gasteiger partial charge in [0.05, 0.1) is 18.1 Å². The van der Waals surface area contributed by atoms with Crippen LogP contribution in [0.5, 0.6) is 11.5 Å². The summed E-state index contributed by atoms with van der Waals surface area (Å²) >= 11 is 0. The van der Waals surface area contributed by atoms with Crippen LogP contribution in [0.1, 0.15) is 37.8 Å². The minimum absolute atomic E-state index is 0.00723. The quantitative estimate of drug-likeness (QED) is 0.175.